The molecule has 0 atom stereocenters. The predicted octanol–water partition coefficient (Wildman–Crippen LogP) is 4.29. The second kappa shape index (κ2) is 6.62. The van der Waals surface area contributed by atoms with Gasteiger partial charge in [-0.3, -0.25) is 4.79 Å². The van der Waals surface area contributed by atoms with Gasteiger partial charge < -0.3 is 4.74 Å². The highest BCUT2D eigenvalue weighted by molar-refractivity contribution is 7.98. The van der Waals surface area contributed by atoms with Crippen LogP contribution in [0.5, 0.6) is 5.75 Å². The molecule has 0 heterocycles. The Labute approximate surface area is 124 Å². The lowest BCUT2D eigenvalue weighted by molar-refractivity contribution is 0.0921. The zero-order valence-electron chi connectivity index (χ0n) is 12.0. The van der Waals surface area contributed by atoms with Crippen molar-refractivity contribution in [3.8, 4) is 5.75 Å². The Bertz CT molecular complexity index is 603. The molecule has 0 aliphatic carbocycles. The van der Waals surface area contributed by atoms with E-state index in [1.807, 2.05) is 62.6 Å². The van der Waals surface area contributed by atoms with E-state index in [0.717, 1.165) is 16.2 Å². The first-order chi connectivity index (χ1) is 9.61. The molecule has 0 unspecified atom stereocenters. The number of ketones is 1. The first-order valence-electron chi connectivity index (χ1n) is 6.48. The Balaban J connectivity index is 2.02. The molecule has 2 aromatic carbocycles. The number of ether oxygens (including phenoxy) is 1. The van der Waals surface area contributed by atoms with Gasteiger partial charge in [0.25, 0.3) is 0 Å². The predicted molar refractivity (Wildman–Crippen MR) is 84.0 cm³/mol. The van der Waals surface area contributed by atoms with E-state index in [9.17, 15) is 4.79 Å². The summed E-state index contributed by atoms with van der Waals surface area (Å²) in [6, 6.07) is 13.5. The van der Waals surface area contributed by atoms with Crippen LogP contribution in [0.3, 0.4) is 0 Å². The smallest absolute Gasteiger partial charge is 0.200 e. The fourth-order valence-electron chi connectivity index (χ4n) is 1.88. The van der Waals surface area contributed by atoms with Gasteiger partial charge in [-0.25, -0.2) is 0 Å². The summed E-state index contributed by atoms with van der Waals surface area (Å²) in [7, 11) is 0. The lowest BCUT2D eigenvalue weighted by atomic mass is 10.1. The summed E-state index contributed by atoms with van der Waals surface area (Å²) in [6.07, 6.45) is 2.01. The van der Waals surface area contributed by atoms with Gasteiger partial charge in [0.15, 0.2) is 12.4 Å². The van der Waals surface area contributed by atoms with Crippen molar-refractivity contribution in [1.82, 2.24) is 0 Å². The molecule has 0 aliphatic rings. The topological polar surface area (TPSA) is 26.3 Å². The van der Waals surface area contributed by atoms with Crippen LogP contribution in [0, 0.1) is 13.8 Å². The second-order valence-corrected chi connectivity index (χ2v) is 5.52. The van der Waals surface area contributed by atoms with Crippen LogP contribution in [0.25, 0.3) is 0 Å². The third kappa shape index (κ3) is 3.42. The summed E-state index contributed by atoms with van der Waals surface area (Å²) < 4.78 is 5.64. The number of benzene rings is 2. The molecule has 0 bridgehead atoms. The minimum atomic E-state index is -0.00133. The fourth-order valence-corrected chi connectivity index (χ4v) is 2.29. The molecule has 0 aromatic heterocycles. The molecule has 0 fully saturated rings. The molecule has 3 heteroatoms. The first-order valence-corrected chi connectivity index (χ1v) is 7.70. The largest absolute Gasteiger partial charge is 0.485 e. The molecule has 104 valence electrons. The van der Waals surface area contributed by atoms with E-state index in [2.05, 4.69) is 0 Å². The molecule has 0 N–H and O–H groups in total. The fraction of sp³-hybridized carbons (Fsp3) is 0.235. The molecular formula is C17H18O2S. The molecular weight excluding hydrogens is 268 g/mol. The van der Waals surface area contributed by atoms with Gasteiger partial charge >= 0.3 is 0 Å². The minimum Gasteiger partial charge on any atom is -0.485 e. The van der Waals surface area contributed by atoms with E-state index < -0.39 is 0 Å². The van der Waals surface area contributed by atoms with E-state index in [-0.39, 0.29) is 12.4 Å². The van der Waals surface area contributed by atoms with Crippen molar-refractivity contribution in [3.05, 3.63) is 59.2 Å². The van der Waals surface area contributed by atoms with Crippen molar-refractivity contribution in [2.24, 2.45) is 0 Å². The van der Waals surface area contributed by atoms with Gasteiger partial charge in [0, 0.05) is 10.5 Å². The van der Waals surface area contributed by atoms with E-state index in [1.54, 1.807) is 11.8 Å². The van der Waals surface area contributed by atoms with Crippen LogP contribution >= 0.6 is 11.8 Å². The van der Waals surface area contributed by atoms with Crippen LogP contribution < -0.4 is 4.74 Å². The Morgan fingerprint density at radius 2 is 1.80 bits per heavy atom. The standard InChI is InChI=1S/C17H18O2S/c1-12-5-4-6-17(13(12)2)19-11-16(18)14-7-9-15(20-3)10-8-14/h4-10H,11H2,1-3H3. The van der Waals surface area contributed by atoms with Crippen LogP contribution in [0.2, 0.25) is 0 Å². The van der Waals surface area contributed by atoms with Crippen molar-refractivity contribution in [1.29, 1.82) is 0 Å². The SMILES string of the molecule is CSc1ccc(C(=O)COc2cccc(C)c2C)cc1. The Kier molecular flexibility index (Phi) is 4.85. The lowest BCUT2D eigenvalue weighted by Gasteiger charge is -2.10. The molecule has 2 nitrogen and oxygen atoms in total. The third-order valence-electron chi connectivity index (χ3n) is 3.33. The van der Waals surface area contributed by atoms with Gasteiger partial charge in [0.1, 0.15) is 5.75 Å². The van der Waals surface area contributed by atoms with Crippen LogP contribution in [-0.2, 0) is 0 Å². The number of carbonyl (C=O) groups excluding carboxylic acids is 1. The van der Waals surface area contributed by atoms with Crippen molar-refractivity contribution in [3.63, 3.8) is 0 Å². The minimum absolute atomic E-state index is 0.00133. The lowest BCUT2D eigenvalue weighted by Crippen LogP contribution is -2.12. The number of hydrogen-bond acceptors (Lipinski definition) is 3. The second-order valence-electron chi connectivity index (χ2n) is 4.64. The van der Waals surface area contributed by atoms with Crippen molar-refractivity contribution in [2.75, 3.05) is 12.9 Å². The highest BCUT2D eigenvalue weighted by Gasteiger charge is 2.08. The molecule has 0 spiro atoms. The summed E-state index contributed by atoms with van der Waals surface area (Å²) in [5, 5.41) is 0. The molecule has 0 radical (unpaired) electrons. The zero-order chi connectivity index (χ0) is 14.5. The first kappa shape index (κ1) is 14.7. The van der Waals surface area contributed by atoms with Crippen LogP contribution in [0.4, 0.5) is 0 Å². The zero-order valence-corrected chi connectivity index (χ0v) is 12.8. The van der Waals surface area contributed by atoms with E-state index in [0.29, 0.717) is 5.56 Å². The van der Waals surface area contributed by atoms with Gasteiger partial charge in [0.2, 0.25) is 0 Å². The average Bonchev–Trinajstić information content (AvgIpc) is 2.48. The van der Waals surface area contributed by atoms with Gasteiger partial charge in [-0.15, -0.1) is 11.8 Å². The molecule has 0 saturated carbocycles. The molecule has 20 heavy (non-hydrogen) atoms. The normalized spacial score (nSPS) is 10.3. The highest BCUT2D eigenvalue weighted by atomic mass is 32.2. The molecule has 0 saturated heterocycles. The summed E-state index contributed by atoms with van der Waals surface area (Å²) in [4.78, 5) is 13.2. The van der Waals surface area contributed by atoms with Gasteiger partial charge in [0.05, 0.1) is 0 Å². The van der Waals surface area contributed by atoms with Crippen molar-refractivity contribution >= 4 is 17.5 Å². The van der Waals surface area contributed by atoms with Crippen molar-refractivity contribution < 1.29 is 9.53 Å². The van der Waals surface area contributed by atoms with Crippen LogP contribution in [0.15, 0.2) is 47.4 Å². The maximum atomic E-state index is 12.1. The maximum Gasteiger partial charge on any atom is 0.200 e. The van der Waals surface area contributed by atoms with E-state index >= 15 is 0 Å². The van der Waals surface area contributed by atoms with Crippen LogP contribution in [-0.4, -0.2) is 18.6 Å². The Hall–Kier alpha value is -1.74. The van der Waals surface area contributed by atoms with Gasteiger partial charge in [-0.2, -0.15) is 0 Å². The summed E-state index contributed by atoms with van der Waals surface area (Å²) >= 11 is 1.66. The Morgan fingerprint density at radius 1 is 1.10 bits per heavy atom. The Morgan fingerprint density at radius 3 is 2.45 bits per heavy atom. The molecule has 2 aromatic rings. The molecule has 0 aliphatic heterocycles. The summed E-state index contributed by atoms with van der Waals surface area (Å²) in [6.45, 7) is 4.11. The van der Waals surface area contributed by atoms with Gasteiger partial charge in [-0.1, -0.05) is 24.3 Å². The van der Waals surface area contributed by atoms with Gasteiger partial charge in [-0.05, 0) is 49.4 Å². The number of thioether (sulfide) groups is 1. The van der Waals surface area contributed by atoms with Crippen molar-refractivity contribution in [2.45, 2.75) is 18.7 Å². The summed E-state index contributed by atoms with van der Waals surface area (Å²) in [5.41, 5.74) is 2.94. The number of rotatable bonds is 5. The van der Waals surface area contributed by atoms with E-state index in [4.69, 9.17) is 4.74 Å². The molecule has 2 rings (SSSR count). The number of Topliss-reactive ketones (excluding diaryl/α,β-unsaturated/α-hetero) is 1. The maximum absolute atomic E-state index is 12.1. The highest BCUT2D eigenvalue weighted by Crippen LogP contribution is 2.21. The number of aryl methyl sites for hydroxylation is 1. The average molecular weight is 286 g/mol. The third-order valence-corrected chi connectivity index (χ3v) is 4.07. The quantitative estimate of drug-likeness (QED) is 0.606. The van der Waals surface area contributed by atoms with E-state index in [1.165, 1.54) is 5.56 Å². The number of carbonyl (C=O) groups is 1. The number of hydrogen-bond donors (Lipinski definition) is 0. The van der Waals surface area contributed by atoms with Crippen LogP contribution in [0.1, 0.15) is 21.5 Å². The summed E-state index contributed by atoms with van der Waals surface area (Å²) in [5.74, 6) is 0.776. The molecule has 0 amide bonds. The monoisotopic (exact) mass is 286 g/mol.